The van der Waals surface area contributed by atoms with Gasteiger partial charge in [-0.15, -0.1) is 0 Å². The van der Waals surface area contributed by atoms with Crippen molar-refractivity contribution >= 4 is 17.4 Å². The van der Waals surface area contributed by atoms with Gasteiger partial charge in [-0.25, -0.2) is 0 Å². The first-order valence-electron chi connectivity index (χ1n) is 12.4. The van der Waals surface area contributed by atoms with Gasteiger partial charge in [-0.3, -0.25) is 9.59 Å². The van der Waals surface area contributed by atoms with E-state index in [-0.39, 0.29) is 11.3 Å². The summed E-state index contributed by atoms with van der Waals surface area (Å²) in [5.41, 5.74) is 1.85. The third kappa shape index (κ3) is 5.80. The SMILES string of the molecule is C=CCOc1ccc(C(O)=C2C(=O)C(=O)N(CCN(CC)CC)[C@H]2c2ccc(OC)c(OC)c2)c(C)c1. The molecular formula is C29H36N2O6. The number of ether oxygens (including phenoxy) is 3. The zero-order valence-corrected chi connectivity index (χ0v) is 22.2. The van der Waals surface area contributed by atoms with Crippen LogP contribution in [0.25, 0.3) is 5.76 Å². The first-order chi connectivity index (χ1) is 17.8. The number of aryl methyl sites for hydroxylation is 1. The Kier molecular flexibility index (Phi) is 9.36. The molecule has 2 aromatic rings. The number of aliphatic hydroxyl groups excluding tert-OH is 1. The highest BCUT2D eigenvalue weighted by Gasteiger charge is 2.46. The lowest BCUT2D eigenvalue weighted by molar-refractivity contribution is -0.140. The Labute approximate surface area is 218 Å². The van der Waals surface area contributed by atoms with Crippen LogP contribution in [0.5, 0.6) is 17.2 Å². The smallest absolute Gasteiger partial charge is 0.295 e. The summed E-state index contributed by atoms with van der Waals surface area (Å²) in [5.74, 6) is 0.0214. The second kappa shape index (κ2) is 12.5. The fourth-order valence-electron chi connectivity index (χ4n) is 4.56. The standard InChI is InChI=1S/C29H36N2O6/c1-7-16-37-21-11-12-22(19(4)17-21)27(32)25-26(20-10-13-23(35-5)24(18-20)36-6)31(29(34)28(25)33)15-14-30(8-2)9-3/h7,10-13,17-18,26,32H,1,8-9,14-16H2,2-6H3/t26-/m0/s1. The van der Waals surface area contributed by atoms with Gasteiger partial charge in [0.15, 0.2) is 11.5 Å². The van der Waals surface area contributed by atoms with Crippen LogP contribution in [0.2, 0.25) is 0 Å². The third-order valence-corrected chi connectivity index (χ3v) is 6.64. The Morgan fingerprint density at radius 1 is 1.08 bits per heavy atom. The molecule has 0 unspecified atom stereocenters. The molecular weight excluding hydrogens is 472 g/mol. The van der Waals surface area contributed by atoms with Gasteiger partial charge in [0, 0.05) is 18.7 Å². The lowest BCUT2D eigenvalue weighted by atomic mass is 9.93. The number of aliphatic hydroxyl groups is 1. The highest BCUT2D eigenvalue weighted by molar-refractivity contribution is 6.46. The molecule has 2 aromatic carbocycles. The van der Waals surface area contributed by atoms with Gasteiger partial charge in [0.1, 0.15) is 18.1 Å². The minimum atomic E-state index is -0.786. The molecule has 3 rings (SSSR count). The summed E-state index contributed by atoms with van der Waals surface area (Å²) in [5, 5.41) is 11.5. The predicted molar refractivity (Wildman–Crippen MR) is 143 cm³/mol. The normalized spacial score (nSPS) is 16.8. The molecule has 1 aliphatic rings. The molecule has 37 heavy (non-hydrogen) atoms. The van der Waals surface area contributed by atoms with E-state index in [0.717, 1.165) is 13.1 Å². The number of likely N-dealkylation sites (tertiary alicyclic amines) is 1. The topological polar surface area (TPSA) is 88.5 Å². The third-order valence-electron chi connectivity index (χ3n) is 6.64. The lowest BCUT2D eigenvalue weighted by Crippen LogP contribution is -2.38. The molecule has 0 radical (unpaired) electrons. The molecule has 8 heteroatoms. The van der Waals surface area contributed by atoms with Crippen LogP contribution in [-0.2, 0) is 9.59 Å². The van der Waals surface area contributed by atoms with Crippen LogP contribution in [0.15, 0.2) is 54.6 Å². The number of hydrogen-bond donors (Lipinski definition) is 1. The van der Waals surface area contributed by atoms with E-state index in [1.807, 2.05) is 6.92 Å². The van der Waals surface area contributed by atoms with Crippen LogP contribution < -0.4 is 14.2 Å². The predicted octanol–water partition coefficient (Wildman–Crippen LogP) is 4.34. The number of nitrogens with zero attached hydrogens (tertiary/aromatic N) is 2. The maximum absolute atomic E-state index is 13.4. The van der Waals surface area contributed by atoms with Crippen molar-refractivity contribution in [1.29, 1.82) is 0 Å². The van der Waals surface area contributed by atoms with Gasteiger partial charge < -0.3 is 29.1 Å². The molecule has 0 bridgehead atoms. The number of ketones is 1. The summed E-state index contributed by atoms with van der Waals surface area (Å²) in [4.78, 5) is 30.4. The highest BCUT2D eigenvalue weighted by atomic mass is 16.5. The van der Waals surface area contributed by atoms with Gasteiger partial charge in [-0.2, -0.15) is 0 Å². The quantitative estimate of drug-likeness (QED) is 0.197. The zero-order chi connectivity index (χ0) is 27.1. The van der Waals surface area contributed by atoms with Crippen LogP contribution in [-0.4, -0.2) is 73.6 Å². The molecule has 1 fully saturated rings. The average Bonchev–Trinajstić information content (AvgIpc) is 3.16. The van der Waals surface area contributed by atoms with Crippen LogP contribution in [0.1, 0.15) is 36.6 Å². The molecule has 0 saturated carbocycles. The number of amides is 1. The van der Waals surface area contributed by atoms with E-state index in [2.05, 4.69) is 25.3 Å². The van der Waals surface area contributed by atoms with Crippen LogP contribution in [0.4, 0.5) is 0 Å². The Hall–Kier alpha value is -3.78. The van der Waals surface area contributed by atoms with Crippen molar-refractivity contribution in [3.8, 4) is 17.2 Å². The Morgan fingerprint density at radius 3 is 2.38 bits per heavy atom. The Balaban J connectivity index is 2.15. The van der Waals surface area contributed by atoms with Crippen LogP contribution >= 0.6 is 0 Å². The van der Waals surface area contributed by atoms with Crippen LogP contribution in [0.3, 0.4) is 0 Å². The molecule has 0 aromatic heterocycles. The molecule has 1 amide bonds. The van der Waals surface area contributed by atoms with Gasteiger partial charge >= 0.3 is 0 Å². The van der Waals surface area contributed by atoms with Gasteiger partial charge in [0.25, 0.3) is 11.7 Å². The van der Waals surface area contributed by atoms with E-state index < -0.39 is 17.7 Å². The Morgan fingerprint density at radius 2 is 1.78 bits per heavy atom. The first-order valence-corrected chi connectivity index (χ1v) is 12.4. The van der Waals surface area contributed by atoms with Crippen molar-refractivity contribution in [2.45, 2.75) is 26.8 Å². The summed E-state index contributed by atoms with van der Waals surface area (Å²) in [7, 11) is 3.07. The zero-order valence-electron chi connectivity index (χ0n) is 22.2. The van der Waals surface area contributed by atoms with Crippen molar-refractivity contribution in [2.75, 3.05) is 47.0 Å². The fourth-order valence-corrected chi connectivity index (χ4v) is 4.56. The van der Waals surface area contributed by atoms with E-state index >= 15 is 0 Å². The summed E-state index contributed by atoms with van der Waals surface area (Å²) < 4.78 is 16.4. The van der Waals surface area contributed by atoms with E-state index in [4.69, 9.17) is 14.2 Å². The van der Waals surface area contributed by atoms with E-state index in [1.54, 1.807) is 49.6 Å². The summed E-state index contributed by atoms with van der Waals surface area (Å²) in [6.45, 7) is 12.5. The van der Waals surface area contributed by atoms with E-state index in [1.165, 1.54) is 12.0 Å². The van der Waals surface area contributed by atoms with Gasteiger partial charge in [-0.1, -0.05) is 32.6 Å². The number of hydrogen-bond acceptors (Lipinski definition) is 7. The summed E-state index contributed by atoms with van der Waals surface area (Å²) in [6.07, 6.45) is 1.64. The average molecular weight is 509 g/mol. The molecule has 1 aliphatic heterocycles. The maximum atomic E-state index is 13.4. The van der Waals surface area contributed by atoms with Gasteiger partial charge in [-0.05, 0) is 61.5 Å². The maximum Gasteiger partial charge on any atom is 0.295 e. The molecule has 198 valence electrons. The van der Waals surface area contributed by atoms with Crippen LogP contribution in [0, 0.1) is 6.92 Å². The van der Waals surface area contributed by atoms with Crippen molar-refractivity contribution in [2.24, 2.45) is 0 Å². The number of carbonyl (C=O) groups excluding carboxylic acids is 2. The molecule has 1 saturated heterocycles. The minimum absolute atomic E-state index is 0.0413. The molecule has 1 atom stereocenters. The minimum Gasteiger partial charge on any atom is -0.507 e. The van der Waals surface area contributed by atoms with Gasteiger partial charge in [0.2, 0.25) is 0 Å². The second-order valence-electron chi connectivity index (χ2n) is 8.71. The van der Waals surface area contributed by atoms with Crippen molar-refractivity contribution in [3.63, 3.8) is 0 Å². The fraction of sp³-hybridized carbons (Fsp3) is 0.379. The largest absolute Gasteiger partial charge is 0.507 e. The monoisotopic (exact) mass is 508 g/mol. The lowest BCUT2D eigenvalue weighted by Gasteiger charge is -2.28. The summed E-state index contributed by atoms with van der Waals surface area (Å²) >= 11 is 0. The number of benzene rings is 2. The second-order valence-corrected chi connectivity index (χ2v) is 8.71. The van der Waals surface area contributed by atoms with Crippen molar-refractivity contribution in [1.82, 2.24) is 9.80 Å². The first kappa shape index (κ1) is 27.8. The number of methoxy groups -OCH3 is 2. The van der Waals surface area contributed by atoms with Gasteiger partial charge in [0.05, 0.1) is 25.8 Å². The summed E-state index contributed by atoms with van der Waals surface area (Å²) in [6, 6.07) is 9.66. The molecule has 0 spiro atoms. The number of rotatable bonds is 12. The van der Waals surface area contributed by atoms with Crippen molar-refractivity contribution < 1.29 is 28.9 Å². The van der Waals surface area contributed by atoms with Crippen molar-refractivity contribution in [3.05, 3.63) is 71.3 Å². The highest BCUT2D eigenvalue weighted by Crippen LogP contribution is 2.42. The number of likely N-dealkylation sites (N-methyl/N-ethyl adjacent to an activating group) is 1. The van der Waals surface area contributed by atoms with E-state index in [9.17, 15) is 14.7 Å². The van der Waals surface area contributed by atoms with E-state index in [0.29, 0.717) is 53.6 Å². The molecule has 8 nitrogen and oxygen atoms in total. The molecule has 0 aliphatic carbocycles. The number of Topliss-reactive ketones (excluding diaryl/α,β-unsaturated/α-hetero) is 1. The Bertz CT molecular complexity index is 1180. The molecule has 1 heterocycles. The number of carbonyl (C=O) groups is 2. The molecule has 1 N–H and O–H groups in total.